The molecule has 0 aliphatic carbocycles. The standard InChI is InChI=1S/C14H24N2O/c1-14(2,11-16-10-9-15-3)12-5-7-13(17-4)8-6-12/h5-8,15-16H,9-11H2,1-4H3. The van der Waals surface area contributed by atoms with E-state index in [1.165, 1.54) is 5.56 Å². The SMILES string of the molecule is CNCCNCC(C)(C)c1ccc(OC)cc1. The highest BCUT2D eigenvalue weighted by atomic mass is 16.5. The second-order valence-corrected chi connectivity index (χ2v) is 4.89. The molecule has 1 rings (SSSR count). The molecule has 0 bridgehead atoms. The fourth-order valence-electron chi connectivity index (χ4n) is 1.76. The lowest BCUT2D eigenvalue weighted by Crippen LogP contribution is -2.36. The average molecular weight is 236 g/mol. The number of hydrogen-bond donors (Lipinski definition) is 2. The molecule has 96 valence electrons. The summed E-state index contributed by atoms with van der Waals surface area (Å²) in [7, 11) is 3.66. The number of likely N-dealkylation sites (N-methyl/N-ethyl adjacent to an activating group) is 1. The zero-order chi connectivity index (χ0) is 12.7. The molecule has 0 aromatic heterocycles. The largest absolute Gasteiger partial charge is 0.497 e. The van der Waals surface area contributed by atoms with E-state index in [0.717, 1.165) is 25.4 Å². The number of nitrogens with one attached hydrogen (secondary N) is 2. The van der Waals surface area contributed by atoms with Crippen LogP contribution in [-0.2, 0) is 5.41 Å². The molecule has 1 aromatic carbocycles. The predicted octanol–water partition coefficient (Wildman–Crippen LogP) is 1.78. The summed E-state index contributed by atoms with van der Waals surface area (Å²) in [6, 6.07) is 8.31. The Balaban J connectivity index is 2.55. The molecule has 0 fully saturated rings. The molecule has 3 nitrogen and oxygen atoms in total. The van der Waals surface area contributed by atoms with Crippen molar-refractivity contribution >= 4 is 0 Å². The van der Waals surface area contributed by atoms with Gasteiger partial charge in [0.25, 0.3) is 0 Å². The summed E-state index contributed by atoms with van der Waals surface area (Å²) >= 11 is 0. The van der Waals surface area contributed by atoms with Gasteiger partial charge >= 0.3 is 0 Å². The van der Waals surface area contributed by atoms with Gasteiger partial charge in [-0.3, -0.25) is 0 Å². The molecule has 0 aliphatic heterocycles. The van der Waals surface area contributed by atoms with Crippen LogP contribution < -0.4 is 15.4 Å². The molecule has 1 aromatic rings. The molecular formula is C14H24N2O. The van der Waals surface area contributed by atoms with Crippen LogP contribution in [0.15, 0.2) is 24.3 Å². The Kier molecular flexibility index (Phi) is 5.45. The molecule has 0 radical (unpaired) electrons. The smallest absolute Gasteiger partial charge is 0.118 e. The van der Waals surface area contributed by atoms with E-state index < -0.39 is 0 Å². The van der Waals surface area contributed by atoms with Crippen LogP contribution in [-0.4, -0.2) is 33.8 Å². The summed E-state index contributed by atoms with van der Waals surface area (Å²) in [6.07, 6.45) is 0. The summed E-state index contributed by atoms with van der Waals surface area (Å²) in [5.74, 6) is 0.910. The molecule has 0 saturated carbocycles. The highest BCUT2D eigenvalue weighted by Crippen LogP contribution is 2.24. The van der Waals surface area contributed by atoms with E-state index in [9.17, 15) is 0 Å². The van der Waals surface area contributed by atoms with Crippen molar-refractivity contribution in [1.29, 1.82) is 0 Å². The molecule has 2 N–H and O–H groups in total. The lowest BCUT2D eigenvalue weighted by atomic mass is 9.84. The van der Waals surface area contributed by atoms with Gasteiger partial charge in [0.1, 0.15) is 5.75 Å². The van der Waals surface area contributed by atoms with Gasteiger partial charge in [-0.15, -0.1) is 0 Å². The van der Waals surface area contributed by atoms with Crippen LogP contribution in [0.1, 0.15) is 19.4 Å². The van der Waals surface area contributed by atoms with Crippen molar-refractivity contribution in [3.63, 3.8) is 0 Å². The van der Waals surface area contributed by atoms with Crippen molar-refractivity contribution in [2.45, 2.75) is 19.3 Å². The molecule has 17 heavy (non-hydrogen) atoms. The van der Waals surface area contributed by atoms with Gasteiger partial charge < -0.3 is 15.4 Å². The summed E-state index contributed by atoms with van der Waals surface area (Å²) in [4.78, 5) is 0. The Labute approximate surface area is 105 Å². The molecule has 0 aliphatic rings. The minimum absolute atomic E-state index is 0.139. The molecule has 3 heteroatoms. The average Bonchev–Trinajstić information content (AvgIpc) is 2.35. The highest BCUT2D eigenvalue weighted by molar-refractivity contribution is 5.31. The molecular weight excluding hydrogens is 212 g/mol. The van der Waals surface area contributed by atoms with E-state index in [4.69, 9.17) is 4.74 Å². The van der Waals surface area contributed by atoms with Crippen LogP contribution >= 0.6 is 0 Å². The zero-order valence-electron chi connectivity index (χ0n) is 11.3. The van der Waals surface area contributed by atoms with Gasteiger partial charge in [0.05, 0.1) is 7.11 Å². The third-order valence-electron chi connectivity index (χ3n) is 2.99. The summed E-state index contributed by atoms with van der Waals surface area (Å²) in [5.41, 5.74) is 1.47. The van der Waals surface area contributed by atoms with Crippen molar-refractivity contribution in [2.75, 3.05) is 33.8 Å². The first kappa shape index (κ1) is 14.0. The van der Waals surface area contributed by atoms with Crippen LogP contribution in [0, 0.1) is 0 Å². The Morgan fingerprint density at radius 1 is 1.12 bits per heavy atom. The number of rotatable bonds is 7. The fraction of sp³-hybridized carbons (Fsp3) is 0.571. The van der Waals surface area contributed by atoms with Crippen LogP contribution in [0.3, 0.4) is 0 Å². The van der Waals surface area contributed by atoms with Gasteiger partial charge in [0, 0.05) is 25.0 Å². The Morgan fingerprint density at radius 2 is 1.76 bits per heavy atom. The lowest BCUT2D eigenvalue weighted by Gasteiger charge is -2.26. The van der Waals surface area contributed by atoms with Crippen LogP contribution in [0.2, 0.25) is 0 Å². The Morgan fingerprint density at radius 3 is 2.29 bits per heavy atom. The molecule has 0 atom stereocenters. The van der Waals surface area contributed by atoms with Gasteiger partial charge in [0.15, 0.2) is 0 Å². The minimum atomic E-state index is 0.139. The van der Waals surface area contributed by atoms with Crippen molar-refractivity contribution < 1.29 is 4.74 Å². The molecule has 0 saturated heterocycles. The van der Waals surface area contributed by atoms with Gasteiger partial charge in [-0.05, 0) is 24.7 Å². The molecule has 0 unspecified atom stereocenters. The van der Waals surface area contributed by atoms with E-state index in [1.54, 1.807) is 7.11 Å². The van der Waals surface area contributed by atoms with Gasteiger partial charge in [-0.1, -0.05) is 26.0 Å². The maximum absolute atomic E-state index is 5.17. The van der Waals surface area contributed by atoms with E-state index in [-0.39, 0.29) is 5.41 Å². The monoisotopic (exact) mass is 236 g/mol. The minimum Gasteiger partial charge on any atom is -0.497 e. The van der Waals surface area contributed by atoms with E-state index >= 15 is 0 Å². The zero-order valence-corrected chi connectivity index (χ0v) is 11.3. The number of methoxy groups -OCH3 is 1. The first-order valence-corrected chi connectivity index (χ1v) is 6.10. The topological polar surface area (TPSA) is 33.3 Å². The molecule has 0 heterocycles. The maximum atomic E-state index is 5.17. The summed E-state index contributed by atoms with van der Waals surface area (Å²) in [6.45, 7) is 7.47. The first-order valence-electron chi connectivity index (χ1n) is 6.10. The van der Waals surface area contributed by atoms with Crippen LogP contribution in [0.4, 0.5) is 0 Å². The predicted molar refractivity (Wildman–Crippen MR) is 72.8 cm³/mol. The highest BCUT2D eigenvalue weighted by Gasteiger charge is 2.19. The summed E-state index contributed by atoms with van der Waals surface area (Å²) < 4.78 is 5.17. The molecule has 0 spiro atoms. The third-order valence-corrected chi connectivity index (χ3v) is 2.99. The quantitative estimate of drug-likeness (QED) is 0.708. The van der Waals surface area contributed by atoms with Crippen molar-refractivity contribution in [3.8, 4) is 5.75 Å². The lowest BCUT2D eigenvalue weighted by molar-refractivity contribution is 0.413. The normalized spacial score (nSPS) is 11.5. The number of hydrogen-bond acceptors (Lipinski definition) is 3. The van der Waals surface area contributed by atoms with E-state index in [0.29, 0.717) is 0 Å². The van der Waals surface area contributed by atoms with Crippen molar-refractivity contribution in [1.82, 2.24) is 10.6 Å². The third kappa shape index (κ3) is 4.36. The maximum Gasteiger partial charge on any atom is 0.118 e. The second kappa shape index (κ2) is 6.62. The van der Waals surface area contributed by atoms with Gasteiger partial charge in [0.2, 0.25) is 0 Å². The molecule has 0 amide bonds. The number of benzene rings is 1. The Bertz CT molecular complexity index is 319. The van der Waals surface area contributed by atoms with Crippen LogP contribution in [0.5, 0.6) is 5.75 Å². The Hall–Kier alpha value is -1.06. The van der Waals surface area contributed by atoms with E-state index in [1.807, 2.05) is 19.2 Å². The van der Waals surface area contributed by atoms with Gasteiger partial charge in [-0.25, -0.2) is 0 Å². The fourth-order valence-corrected chi connectivity index (χ4v) is 1.76. The van der Waals surface area contributed by atoms with Crippen molar-refractivity contribution in [3.05, 3.63) is 29.8 Å². The van der Waals surface area contributed by atoms with Gasteiger partial charge in [-0.2, -0.15) is 0 Å². The second-order valence-electron chi connectivity index (χ2n) is 4.89. The number of ether oxygens (including phenoxy) is 1. The summed E-state index contributed by atoms with van der Waals surface area (Å²) in [5, 5.41) is 6.59. The van der Waals surface area contributed by atoms with Crippen LogP contribution in [0.25, 0.3) is 0 Å². The van der Waals surface area contributed by atoms with E-state index in [2.05, 4.69) is 36.6 Å². The van der Waals surface area contributed by atoms with Crippen molar-refractivity contribution in [2.24, 2.45) is 0 Å². The first-order chi connectivity index (χ1) is 8.10.